The average Bonchev–Trinajstić information content (AvgIpc) is 3.45. The Morgan fingerprint density at radius 3 is 2.71 bits per heavy atom. The number of aromatic nitrogens is 5. The number of hydrogen-bond acceptors (Lipinski definition) is 7. The van der Waals surface area contributed by atoms with Gasteiger partial charge in [0, 0.05) is 53.1 Å². The number of aromatic amines is 1. The molecule has 0 spiro atoms. The molecule has 4 N–H and O–H groups in total. The molecule has 1 aliphatic carbocycles. The van der Waals surface area contributed by atoms with Crippen molar-refractivity contribution in [2.45, 2.75) is 31.2 Å². The number of nitrogens with one attached hydrogen (secondary N) is 2. The van der Waals surface area contributed by atoms with E-state index in [9.17, 15) is 0 Å². The minimum atomic E-state index is -0.0383. The number of H-pyrrole nitrogens is 1. The zero-order valence-electron chi connectivity index (χ0n) is 18.6. The Labute approximate surface area is 201 Å². The summed E-state index contributed by atoms with van der Waals surface area (Å²) < 4.78 is 1.01. The number of hydrogen-bond donors (Lipinski definition) is 3. The molecule has 0 saturated heterocycles. The van der Waals surface area contributed by atoms with Crippen molar-refractivity contribution in [2.24, 2.45) is 5.73 Å². The highest BCUT2D eigenvalue weighted by Gasteiger charge is 2.26. The monoisotopic (exact) mass is 467 g/mol. The highest BCUT2D eigenvalue weighted by atomic mass is 32.1. The van der Waals surface area contributed by atoms with E-state index in [4.69, 9.17) is 15.7 Å². The van der Waals surface area contributed by atoms with Gasteiger partial charge in [-0.15, -0.1) is 11.3 Å². The first-order valence-corrected chi connectivity index (χ1v) is 12.4. The molecule has 0 aliphatic heterocycles. The highest BCUT2D eigenvalue weighted by Crippen LogP contribution is 2.42. The van der Waals surface area contributed by atoms with Crippen molar-refractivity contribution >= 4 is 27.4 Å². The van der Waals surface area contributed by atoms with Crippen molar-refractivity contribution < 1.29 is 0 Å². The molecule has 8 heteroatoms. The molecule has 5 aromatic rings. The standard InChI is InChI=1S/C26H25N7S/c27-19(12-16-4-2-1-3-5-16)14-29-26-24-23(30-25(31-26)18-8-10-28-11-9-18)20(15-34-24)22-13-21(32-33-22)17-6-7-17/h1-5,8-11,13,15,17,19H,6-7,12,14,27H2,(H,32,33)(H,29,30,31). The summed E-state index contributed by atoms with van der Waals surface area (Å²) in [7, 11) is 0. The lowest BCUT2D eigenvalue weighted by Gasteiger charge is -2.14. The van der Waals surface area contributed by atoms with Gasteiger partial charge in [0.25, 0.3) is 0 Å². The lowest BCUT2D eigenvalue weighted by molar-refractivity contribution is 0.698. The summed E-state index contributed by atoms with van der Waals surface area (Å²) in [4.78, 5) is 14.0. The van der Waals surface area contributed by atoms with Crippen LogP contribution < -0.4 is 11.1 Å². The average molecular weight is 468 g/mol. The first kappa shape index (κ1) is 20.9. The predicted molar refractivity (Wildman–Crippen MR) is 137 cm³/mol. The van der Waals surface area contributed by atoms with Gasteiger partial charge >= 0.3 is 0 Å². The van der Waals surface area contributed by atoms with E-state index in [1.54, 1.807) is 23.7 Å². The summed E-state index contributed by atoms with van der Waals surface area (Å²) in [5.41, 5.74) is 12.7. The maximum Gasteiger partial charge on any atom is 0.162 e. The van der Waals surface area contributed by atoms with Crippen molar-refractivity contribution in [3.05, 3.63) is 77.6 Å². The van der Waals surface area contributed by atoms with Crippen LogP contribution >= 0.6 is 11.3 Å². The fraction of sp³-hybridized carbons (Fsp3) is 0.231. The second-order valence-corrected chi connectivity index (χ2v) is 9.65. The quantitative estimate of drug-likeness (QED) is 0.296. The molecule has 4 aromatic heterocycles. The van der Waals surface area contributed by atoms with E-state index in [1.807, 2.05) is 30.3 Å². The van der Waals surface area contributed by atoms with Crippen LogP contribution in [-0.4, -0.2) is 37.7 Å². The van der Waals surface area contributed by atoms with Crippen LogP contribution in [0.5, 0.6) is 0 Å². The van der Waals surface area contributed by atoms with Crippen LogP contribution in [0.2, 0.25) is 0 Å². The minimum Gasteiger partial charge on any atom is -0.367 e. The second-order valence-electron chi connectivity index (χ2n) is 8.77. The summed E-state index contributed by atoms with van der Waals surface area (Å²) in [6.07, 6.45) is 6.79. The molecule has 0 amide bonds. The largest absolute Gasteiger partial charge is 0.367 e. The van der Waals surface area contributed by atoms with Crippen LogP contribution in [0.1, 0.15) is 30.0 Å². The number of nitrogens with zero attached hydrogens (tertiary/aromatic N) is 4. The summed E-state index contributed by atoms with van der Waals surface area (Å²) in [6, 6.07) is 16.3. The molecule has 34 heavy (non-hydrogen) atoms. The van der Waals surface area contributed by atoms with Gasteiger partial charge < -0.3 is 11.1 Å². The normalized spacial score (nSPS) is 14.4. The first-order valence-electron chi connectivity index (χ1n) is 11.5. The molecular formula is C26H25N7S. The van der Waals surface area contributed by atoms with E-state index in [0.717, 1.165) is 39.3 Å². The SMILES string of the molecule is NC(CNc1nc(-c2ccncc2)nc2c(-c3cc(C4CC4)[nH]n3)csc12)Cc1ccccc1. The van der Waals surface area contributed by atoms with Crippen LogP contribution in [0.15, 0.2) is 66.3 Å². The number of fused-ring (bicyclic) bond motifs is 1. The van der Waals surface area contributed by atoms with Crippen LogP contribution in [0.4, 0.5) is 5.82 Å². The molecule has 1 fully saturated rings. The lowest BCUT2D eigenvalue weighted by Crippen LogP contribution is -2.31. The molecule has 4 heterocycles. The van der Waals surface area contributed by atoms with E-state index in [1.165, 1.54) is 24.1 Å². The van der Waals surface area contributed by atoms with Gasteiger partial charge in [-0.2, -0.15) is 5.10 Å². The van der Waals surface area contributed by atoms with E-state index in [2.05, 4.69) is 44.1 Å². The van der Waals surface area contributed by atoms with Gasteiger partial charge in [-0.3, -0.25) is 10.1 Å². The molecule has 1 aliphatic rings. The molecule has 1 unspecified atom stereocenters. The lowest BCUT2D eigenvalue weighted by atomic mass is 10.1. The zero-order valence-corrected chi connectivity index (χ0v) is 19.4. The Morgan fingerprint density at radius 2 is 1.91 bits per heavy atom. The third-order valence-corrected chi connectivity index (χ3v) is 7.09. The Hall–Kier alpha value is -3.62. The number of pyridine rings is 1. The van der Waals surface area contributed by atoms with Crippen LogP contribution in [-0.2, 0) is 6.42 Å². The fourth-order valence-electron chi connectivity index (χ4n) is 4.14. The van der Waals surface area contributed by atoms with Crippen molar-refractivity contribution in [1.82, 2.24) is 25.1 Å². The van der Waals surface area contributed by atoms with Crippen LogP contribution in [0.25, 0.3) is 32.9 Å². The molecule has 7 nitrogen and oxygen atoms in total. The van der Waals surface area contributed by atoms with Crippen molar-refractivity contribution in [2.75, 3.05) is 11.9 Å². The van der Waals surface area contributed by atoms with E-state index in [-0.39, 0.29) is 6.04 Å². The van der Waals surface area contributed by atoms with Gasteiger partial charge in [-0.05, 0) is 43.0 Å². The summed E-state index contributed by atoms with van der Waals surface area (Å²) >= 11 is 1.63. The molecule has 170 valence electrons. The smallest absolute Gasteiger partial charge is 0.162 e. The fourth-order valence-corrected chi connectivity index (χ4v) is 5.11. The van der Waals surface area contributed by atoms with Crippen LogP contribution in [0, 0.1) is 0 Å². The number of benzene rings is 1. The summed E-state index contributed by atoms with van der Waals surface area (Å²) in [6.45, 7) is 0.609. The van der Waals surface area contributed by atoms with E-state index < -0.39 is 0 Å². The highest BCUT2D eigenvalue weighted by molar-refractivity contribution is 7.18. The zero-order chi connectivity index (χ0) is 22.9. The van der Waals surface area contributed by atoms with Gasteiger partial charge in [0.2, 0.25) is 0 Å². The topological polar surface area (TPSA) is 105 Å². The number of anilines is 1. The van der Waals surface area contributed by atoms with E-state index in [0.29, 0.717) is 18.3 Å². The molecule has 0 bridgehead atoms. The Balaban J connectivity index is 1.34. The third kappa shape index (κ3) is 4.30. The first-order chi connectivity index (χ1) is 16.7. The second kappa shape index (κ2) is 8.96. The van der Waals surface area contributed by atoms with Gasteiger partial charge in [0.15, 0.2) is 5.82 Å². The minimum absolute atomic E-state index is 0.0383. The molecule has 1 atom stereocenters. The predicted octanol–water partition coefficient (Wildman–Crippen LogP) is 5.00. The third-order valence-electron chi connectivity index (χ3n) is 6.12. The summed E-state index contributed by atoms with van der Waals surface area (Å²) in [5, 5.41) is 13.4. The Bertz CT molecular complexity index is 1410. The van der Waals surface area contributed by atoms with Crippen molar-refractivity contribution in [3.63, 3.8) is 0 Å². The molecular weight excluding hydrogens is 442 g/mol. The number of thiophene rings is 1. The molecule has 1 saturated carbocycles. The van der Waals surface area contributed by atoms with Gasteiger partial charge in [0.05, 0.1) is 15.9 Å². The maximum atomic E-state index is 6.46. The van der Waals surface area contributed by atoms with Gasteiger partial charge in [-0.25, -0.2) is 9.97 Å². The van der Waals surface area contributed by atoms with Crippen molar-refractivity contribution in [3.8, 4) is 22.6 Å². The Morgan fingerprint density at radius 1 is 1.09 bits per heavy atom. The van der Waals surface area contributed by atoms with Gasteiger partial charge in [0.1, 0.15) is 5.82 Å². The molecule has 6 rings (SSSR count). The van der Waals surface area contributed by atoms with E-state index >= 15 is 0 Å². The van der Waals surface area contributed by atoms with Gasteiger partial charge in [-0.1, -0.05) is 30.3 Å². The maximum absolute atomic E-state index is 6.46. The number of rotatable bonds is 8. The summed E-state index contributed by atoms with van der Waals surface area (Å²) in [5.74, 6) is 2.08. The van der Waals surface area contributed by atoms with Crippen LogP contribution in [0.3, 0.4) is 0 Å². The van der Waals surface area contributed by atoms with Crippen molar-refractivity contribution in [1.29, 1.82) is 0 Å². The number of nitrogens with two attached hydrogens (primary N) is 1. The Kier molecular flexibility index (Phi) is 5.52. The molecule has 1 aromatic carbocycles. The molecule has 0 radical (unpaired) electrons.